The number of hydrogen-bond acceptors (Lipinski definition) is 4. The Bertz CT molecular complexity index is 1290. The van der Waals surface area contributed by atoms with Crippen molar-refractivity contribution in [2.75, 3.05) is 0 Å². The van der Waals surface area contributed by atoms with Crippen molar-refractivity contribution in [3.63, 3.8) is 0 Å². The zero-order chi connectivity index (χ0) is 23.4. The molecule has 166 valence electrons. The van der Waals surface area contributed by atoms with E-state index in [1.54, 1.807) is 30.3 Å². The van der Waals surface area contributed by atoms with E-state index < -0.39 is 12.1 Å². The van der Waals surface area contributed by atoms with Gasteiger partial charge in [0.05, 0.1) is 16.8 Å². The average molecular weight is 438 g/mol. The number of ether oxygens (including phenoxy) is 1. The van der Waals surface area contributed by atoms with Crippen molar-refractivity contribution in [3.8, 4) is 11.3 Å². The van der Waals surface area contributed by atoms with Crippen molar-refractivity contribution in [2.24, 2.45) is 0 Å². The van der Waals surface area contributed by atoms with Gasteiger partial charge in [-0.3, -0.25) is 4.79 Å². The van der Waals surface area contributed by atoms with E-state index in [1.165, 1.54) is 5.56 Å². The van der Waals surface area contributed by atoms with Crippen molar-refractivity contribution < 1.29 is 14.3 Å². The van der Waals surface area contributed by atoms with Crippen molar-refractivity contribution >= 4 is 22.7 Å². The van der Waals surface area contributed by atoms with E-state index in [-0.39, 0.29) is 5.78 Å². The molecule has 1 heterocycles. The van der Waals surface area contributed by atoms with Gasteiger partial charge in [0, 0.05) is 16.5 Å². The highest BCUT2D eigenvalue weighted by molar-refractivity contribution is 6.07. The number of fused-ring (bicyclic) bond motifs is 1. The molecular weight excluding hydrogens is 410 g/mol. The molecule has 0 aliphatic heterocycles. The van der Waals surface area contributed by atoms with E-state index in [0.29, 0.717) is 28.8 Å². The minimum atomic E-state index is -0.847. The number of ketones is 1. The first kappa shape index (κ1) is 22.4. The summed E-state index contributed by atoms with van der Waals surface area (Å²) in [4.78, 5) is 31.1. The van der Waals surface area contributed by atoms with Crippen LogP contribution >= 0.6 is 0 Å². The SMILES string of the molecule is CCc1ccc(-c2cc(C(=O)O[C@@H](CC)C(=O)c3ccccc3)c3cc(C)ccc3n2)cc1. The summed E-state index contributed by atoms with van der Waals surface area (Å²) < 4.78 is 5.76. The minimum absolute atomic E-state index is 0.198. The number of hydrogen-bond donors (Lipinski definition) is 0. The molecule has 0 amide bonds. The molecule has 0 unspecified atom stereocenters. The van der Waals surface area contributed by atoms with Crippen LogP contribution in [0, 0.1) is 6.92 Å². The number of aromatic nitrogens is 1. The van der Waals surface area contributed by atoms with Crippen LogP contribution in [0.5, 0.6) is 0 Å². The molecule has 1 aromatic heterocycles. The Balaban J connectivity index is 1.73. The quantitative estimate of drug-likeness (QED) is 0.242. The lowest BCUT2D eigenvalue weighted by Gasteiger charge is -2.17. The zero-order valence-corrected chi connectivity index (χ0v) is 19.2. The maximum Gasteiger partial charge on any atom is 0.339 e. The lowest BCUT2D eigenvalue weighted by Crippen LogP contribution is -2.27. The first-order valence-corrected chi connectivity index (χ1v) is 11.3. The van der Waals surface area contributed by atoms with Crippen LogP contribution in [-0.4, -0.2) is 22.8 Å². The fourth-order valence-corrected chi connectivity index (χ4v) is 3.87. The van der Waals surface area contributed by atoms with Gasteiger partial charge in [-0.15, -0.1) is 0 Å². The van der Waals surface area contributed by atoms with Crippen molar-refractivity contribution in [1.29, 1.82) is 0 Å². The molecule has 0 saturated carbocycles. The number of nitrogens with zero attached hydrogens (tertiary/aromatic N) is 1. The molecule has 4 heteroatoms. The summed E-state index contributed by atoms with van der Waals surface area (Å²) in [5.41, 5.74) is 5.54. The second-order valence-corrected chi connectivity index (χ2v) is 8.16. The Morgan fingerprint density at radius 1 is 0.909 bits per heavy atom. The Morgan fingerprint density at radius 3 is 2.30 bits per heavy atom. The van der Waals surface area contributed by atoms with Crippen LogP contribution in [0.25, 0.3) is 22.2 Å². The molecule has 0 radical (unpaired) electrons. The fraction of sp³-hybridized carbons (Fsp3) is 0.207. The molecule has 4 rings (SSSR count). The Kier molecular flexibility index (Phi) is 6.64. The largest absolute Gasteiger partial charge is 0.450 e. The zero-order valence-electron chi connectivity index (χ0n) is 19.2. The van der Waals surface area contributed by atoms with Gasteiger partial charge in [-0.25, -0.2) is 9.78 Å². The van der Waals surface area contributed by atoms with Crippen molar-refractivity contribution in [3.05, 3.63) is 101 Å². The topological polar surface area (TPSA) is 56.3 Å². The molecule has 0 fully saturated rings. The van der Waals surface area contributed by atoms with Crippen LogP contribution in [0.15, 0.2) is 78.9 Å². The fourth-order valence-electron chi connectivity index (χ4n) is 3.87. The monoisotopic (exact) mass is 437 g/mol. The number of carbonyl (C=O) groups excluding carboxylic acids is 2. The van der Waals surface area contributed by atoms with Crippen LogP contribution < -0.4 is 0 Å². The minimum Gasteiger partial charge on any atom is -0.450 e. The summed E-state index contributed by atoms with van der Waals surface area (Å²) in [6.45, 7) is 5.93. The molecule has 1 atom stereocenters. The number of pyridine rings is 1. The van der Waals surface area contributed by atoms with Gasteiger partial charge >= 0.3 is 5.97 Å². The molecule has 0 aliphatic carbocycles. The lowest BCUT2D eigenvalue weighted by molar-refractivity contribution is 0.0279. The van der Waals surface area contributed by atoms with Gasteiger partial charge < -0.3 is 4.74 Å². The second kappa shape index (κ2) is 9.78. The van der Waals surface area contributed by atoms with Crippen molar-refractivity contribution in [1.82, 2.24) is 4.98 Å². The second-order valence-electron chi connectivity index (χ2n) is 8.16. The normalized spacial score (nSPS) is 11.8. The van der Waals surface area contributed by atoms with Gasteiger partial charge in [-0.05, 0) is 43.5 Å². The van der Waals surface area contributed by atoms with E-state index in [0.717, 1.165) is 22.9 Å². The maximum atomic E-state index is 13.4. The molecule has 33 heavy (non-hydrogen) atoms. The molecule has 3 aromatic carbocycles. The first-order valence-electron chi connectivity index (χ1n) is 11.3. The number of Topliss-reactive ketones (excluding diaryl/α,β-unsaturated/α-hetero) is 1. The Labute approximate surface area is 194 Å². The molecular formula is C29H27NO3. The number of carbonyl (C=O) groups is 2. The van der Waals surface area contributed by atoms with Crippen LogP contribution in [-0.2, 0) is 11.2 Å². The molecule has 0 N–H and O–H groups in total. The first-order chi connectivity index (χ1) is 16.0. The third kappa shape index (κ3) is 4.85. The third-order valence-electron chi connectivity index (χ3n) is 5.81. The summed E-state index contributed by atoms with van der Waals surface area (Å²) in [6.07, 6.45) is 0.503. The summed E-state index contributed by atoms with van der Waals surface area (Å²) >= 11 is 0. The van der Waals surface area contributed by atoms with E-state index >= 15 is 0 Å². The Hall–Kier alpha value is -3.79. The molecule has 0 spiro atoms. The highest BCUT2D eigenvalue weighted by atomic mass is 16.5. The molecule has 0 saturated heterocycles. The summed E-state index contributed by atoms with van der Waals surface area (Å²) in [5.74, 6) is -0.716. The third-order valence-corrected chi connectivity index (χ3v) is 5.81. The highest BCUT2D eigenvalue weighted by Gasteiger charge is 2.25. The summed E-state index contributed by atoms with van der Waals surface area (Å²) in [5, 5.41) is 0.718. The van der Waals surface area contributed by atoms with Crippen LogP contribution in [0.3, 0.4) is 0 Å². The summed E-state index contributed by atoms with van der Waals surface area (Å²) in [6, 6.07) is 24.7. The number of aryl methyl sites for hydroxylation is 2. The average Bonchev–Trinajstić information content (AvgIpc) is 2.86. The molecule has 4 nitrogen and oxygen atoms in total. The Morgan fingerprint density at radius 2 is 1.64 bits per heavy atom. The van der Waals surface area contributed by atoms with Gasteiger partial charge in [0.15, 0.2) is 6.10 Å². The van der Waals surface area contributed by atoms with E-state index in [9.17, 15) is 9.59 Å². The molecule has 0 aliphatic rings. The number of benzene rings is 3. The lowest BCUT2D eigenvalue weighted by atomic mass is 10.0. The number of rotatable bonds is 7. The summed E-state index contributed by atoms with van der Waals surface area (Å²) in [7, 11) is 0. The van der Waals surface area contributed by atoms with Gasteiger partial charge in [0.2, 0.25) is 5.78 Å². The molecule has 4 aromatic rings. The van der Waals surface area contributed by atoms with Crippen molar-refractivity contribution in [2.45, 2.75) is 39.7 Å². The predicted molar refractivity (Wildman–Crippen MR) is 132 cm³/mol. The van der Waals surface area contributed by atoms with E-state index in [4.69, 9.17) is 9.72 Å². The van der Waals surface area contributed by atoms with Gasteiger partial charge in [-0.1, -0.05) is 80.1 Å². The van der Waals surface area contributed by atoms with Crippen LogP contribution in [0.1, 0.15) is 52.1 Å². The van der Waals surface area contributed by atoms with E-state index in [1.807, 2.05) is 50.2 Å². The van der Waals surface area contributed by atoms with Gasteiger partial charge in [0.25, 0.3) is 0 Å². The number of esters is 1. The smallest absolute Gasteiger partial charge is 0.339 e. The van der Waals surface area contributed by atoms with Gasteiger partial charge in [-0.2, -0.15) is 0 Å². The maximum absolute atomic E-state index is 13.4. The predicted octanol–water partition coefficient (Wildman–Crippen LogP) is 6.59. The highest BCUT2D eigenvalue weighted by Crippen LogP contribution is 2.27. The molecule has 0 bridgehead atoms. The van der Waals surface area contributed by atoms with Gasteiger partial charge in [0.1, 0.15) is 0 Å². The van der Waals surface area contributed by atoms with E-state index in [2.05, 4.69) is 19.1 Å². The standard InChI is InChI=1S/C29H27NO3/c1-4-20-12-14-21(15-13-20)26-18-24(23-17-19(3)11-16-25(23)30-26)29(32)33-27(5-2)28(31)22-9-7-6-8-10-22/h6-18,27H,4-5H2,1-3H3/t27-/m0/s1. The van der Waals surface area contributed by atoms with Crippen LogP contribution in [0.2, 0.25) is 0 Å². The van der Waals surface area contributed by atoms with Crippen LogP contribution in [0.4, 0.5) is 0 Å².